The maximum Gasteiger partial charge on any atom is 0.194 e. The van der Waals surface area contributed by atoms with Gasteiger partial charge in [-0.25, -0.2) is 18.6 Å². The van der Waals surface area contributed by atoms with E-state index in [2.05, 4.69) is 5.43 Å². The lowest BCUT2D eigenvalue weighted by Crippen LogP contribution is -2.28. The molecule has 0 fully saturated rings. The Kier molecular flexibility index (Phi) is 3.70. The first kappa shape index (κ1) is 13.1. The molecule has 2 rings (SSSR count). The van der Waals surface area contributed by atoms with Crippen LogP contribution in [0.5, 0.6) is 0 Å². The second-order valence-corrected chi connectivity index (χ2v) is 5.17. The largest absolute Gasteiger partial charge is 0.271 e. The van der Waals surface area contributed by atoms with Gasteiger partial charge in [0.2, 0.25) is 0 Å². The summed E-state index contributed by atoms with van der Waals surface area (Å²) >= 11 is 1.45. The SMILES string of the molecule is Cc1ccc(C(NN)c2cc(F)c(F)c(F)c2)s1. The average Bonchev–Trinajstić information content (AvgIpc) is 2.73. The van der Waals surface area contributed by atoms with Crippen LogP contribution >= 0.6 is 11.3 Å². The number of rotatable bonds is 3. The van der Waals surface area contributed by atoms with Gasteiger partial charge in [0.1, 0.15) is 0 Å². The summed E-state index contributed by atoms with van der Waals surface area (Å²) in [6.45, 7) is 1.91. The molecule has 0 radical (unpaired) electrons. The first-order valence-electron chi connectivity index (χ1n) is 5.20. The Morgan fingerprint density at radius 2 is 1.78 bits per heavy atom. The second kappa shape index (κ2) is 5.09. The highest BCUT2D eigenvalue weighted by Gasteiger charge is 2.19. The number of nitrogens with two attached hydrogens (primary N) is 1. The summed E-state index contributed by atoms with van der Waals surface area (Å²) in [5.74, 6) is 1.48. The Morgan fingerprint density at radius 3 is 2.22 bits per heavy atom. The Hall–Kier alpha value is -1.37. The number of halogens is 3. The molecular weight excluding hydrogens is 261 g/mol. The van der Waals surface area contributed by atoms with Gasteiger partial charge in [-0.3, -0.25) is 5.84 Å². The van der Waals surface area contributed by atoms with E-state index in [9.17, 15) is 13.2 Å². The van der Waals surface area contributed by atoms with E-state index in [0.29, 0.717) is 0 Å². The van der Waals surface area contributed by atoms with Crippen molar-refractivity contribution in [3.8, 4) is 0 Å². The molecule has 0 amide bonds. The lowest BCUT2D eigenvalue weighted by molar-refractivity contribution is 0.443. The summed E-state index contributed by atoms with van der Waals surface area (Å²) < 4.78 is 39.2. The van der Waals surface area contributed by atoms with E-state index in [-0.39, 0.29) is 5.56 Å². The van der Waals surface area contributed by atoms with Crippen LogP contribution in [0.25, 0.3) is 0 Å². The van der Waals surface area contributed by atoms with Gasteiger partial charge in [-0.15, -0.1) is 11.3 Å². The van der Waals surface area contributed by atoms with Crippen molar-refractivity contribution in [3.63, 3.8) is 0 Å². The van der Waals surface area contributed by atoms with Gasteiger partial charge in [-0.05, 0) is 36.8 Å². The van der Waals surface area contributed by atoms with E-state index in [4.69, 9.17) is 5.84 Å². The molecule has 18 heavy (non-hydrogen) atoms. The lowest BCUT2D eigenvalue weighted by Gasteiger charge is -2.15. The molecular formula is C12H11F3N2S. The highest BCUT2D eigenvalue weighted by Crippen LogP contribution is 2.29. The molecule has 1 unspecified atom stereocenters. The van der Waals surface area contributed by atoms with Crippen molar-refractivity contribution in [2.45, 2.75) is 13.0 Å². The number of aryl methyl sites for hydroxylation is 1. The third kappa shape index (κ3) is 2.40. The van der Waals surface area contributed by atoms with Crippen LogP contribution < -0.4 is 11.3 Å². The van der Waals surface area contributed by atoms with Crippen molar-refractivity contribution in [2.75, 3.05) is 0 Å². The molecule has 3 N–H and O–H groups in total. The maximum atomic E-state index is 13.2. The van der Waals surface area contributed by atoms with Gasteiger partial charge in [0.25, 0.3) is 0 Å². The molecule has 0 aliphatic rings. The highest BCUT2D eigenvalue weighted by molar-refractivity contribution is 7.12. The Labute approximate surface area is 106 Å². The number of nitrogens with one attached hydrogen (secondary N) is 1. The molecule has 1 atom stereocenters. The molecule has 0 bridgehead atoms. The van der Waals surface area contributed by atoms with Crippen molar-refractivity contribution in [1.82, 2.24) is 5.43 Å². The summed E-state index contributed by atoms with van der Waals surface area (Å²) in [7, 11) is 0. The Bertz CT molecular complexity index is 545. The number of hydrogen-bond acceptors (Lipinski definition) is 3. The number of thiophene rings is 1. The topological polar surface area (TPSA) is 38.0 Å². The van der Waals surface area contributed by atoms with Gasteiger partial charge in [-0.1, -0.05) is 0 Å². The van der Waals surface area contributed by atoms with Crippen molar-refractivity contribution in [2.24, 2.45) is 5.84 Å². The number of hydrazine groups is 1. The van der Waals surface area contributed by atoms with E-state index in [1.54, 1.807) is 0 Å². The van der Waals surface area contributed by atoms with Crippen LogP contribution in [0.4, 0.5) is 13.2 Å². The quantitative estimate of drug-likeness (QED) is 0.512. The molecule has 1 heterocycles. The van der Waals surface area contributed by atoms with Crippen LogP contribution in [0.15, 0.2) is 24.3 Å². The zero-order chi connectivity index (χ0) is 13.3. The highest BCUT2D eigenvalue weighted by atomic mass is 32.1. The van der Waals surface area contributed by atoms with E-state index in [0.717, 1.165) is 21.9 Å². The van der Waals surface area contributed by atoms with Gasteiger partial charge in [0.15, 0.2) is 17.5 Å². The van der Waals surface area contributed by atoms with Crippen molar-refractivity contribution >= 4 is 11.3 Å². The monoisotopic (exact) mass is 272 g/mol. The summed E-state index contributed by atoms with van der Waals surface area (Å²) in [4.78, 5) is 1.86. The molecule has 1 aromatic heterocycles. The van der Waals surface area contributed by atoms with Crippen LogP contribution in [-0.2, 0) is 0 Å². The van der Waals surface area contributed by atoms with Crippen molar-refractivity contribution in [1.29, 1.82) is 0 Å². The molecule has 6 heteroatoms. The van der Waals surface area contributed by atoms with Crippen LogP contribution in [0.3, 0.4) is 0 Å². The summed E-state index contributed by atoms with van der Waals surface area (Å²) in [5.41, 5.74) is 2.72. The van der Waals surface area contributed by atoms with Crippen LogP contribution in [0.1, 0.15) is 21.4 Å². The van der Waals surface area contributed by atoms with Gasteiger partial charge < -0.3 is 0 Å². The van der Waals surface area contributed by atoms with Crippen molar-refractivity contribution in [3.05, 3.63) is 57.0 Å². The number of benzene rings is 1. The molecule has 2 nitrogen and oxygen atoms in total. The minimum atomic E-state index is -1.48. The van der Waals surface area contributed by atoms with Crippen LogP contribution in [-0.4, -0.2) is 0 Å². The van der Waals surface area contributed by atoms with Crippen molar-refractivity contribution < 1.29 is 13.2 Å². The van der Waals surface area contributed by atoms with Gasteiger partial charge >= 0.3 is 0 Å². The molecule has 0 aliphatic carbocycles. The normalized spacial score (nSPS) is 12.7. The molecule has 0 saturated heterocycles. The molecule has 0 spiro atoms. The Balaban J connectivity index is 2.45. The predicted molar refractivity (Wildman–Crippen MR) is 64.5 cm³/mol. The zero-order valence-electron chi connectivity index (χ0n) is 9.51. The molecule has 1 aromatic carbocycles. The van der Waals surface area contributed by atoms with E-state index < -0.39 is 23.5 Å². The second-order valence-electron chi connectivity index (χ2n) is 3.85. The first-order valence-corrected chi connectivity index (χ1v) is 6.01. The third-order valence-corrected chi connectivity index (χ3v) is 3.62. The Morgan fingerprint density at radius 1 is 1.17 bits per heavy atom. The van der Waals surface area contributed by atoms with E-state index in [1.807, 2.05) is 19.1 Å². The third-order valence-electron chi connectivity index (χ3n) is 2.55. The molecule has 0 saturated carbocycles. The van der Waals surface area contributed by atoms with E-state index in [1.165, 1.54) is 11.3 Å². The fourth-order valence-corrected chi connectivity index (χ4v) is 2.66. The lowest BCUT2D eigenvalue weighted by atomic mass is 10.1. The predicted octanol–water partition coefficient (Wildman–Crippen LogP) is 3.03. The average molecular weight is 272 g/mol. The van der Waals surface area contributed by atoms with Gasteiger partial charge in [0.05, 0.1) is 6.04 Å². The summed E-state index contributed by atoms with van der Waals surface area (Å²) in [6.07, 6.45) is 0. The van der Waals surface area contributed by atoms with Gasteiger partial charge in [0, 0.05) is 9.75 Å². The van der Waals surface area contributed by atoms with E-state index >= 15 is 0 Å². The summed E-state index contributed by atoms with van der Waals surface area (Å²) in [5, 5.41) is 0. The molecule has 2 aromatic rings. The summed E-state index contributed by atoms with van der Waals surface area (Å²) in [6, 6.07) is 5.01. The molecule has 96 valence electrons. The van der Waals surface area contributed by atoms with Crippen LogP contribution in [0.2, 0.25) is 0 Å². The van der Waals surface area contributed by atoms with Gasteiger partial charge in [-0.2, -0.15) is 0 Å². The first-order chi connectivity index (χ1) is 8.52. The minimum Gasteiger partial charge on any atom is -0.271 e. The molecule has 0 aliphatic heterocycles. The van der Waals surface area contributed by atoms with Crippen LogP contribution in [0, 0.1) is 24.4 Å². The fourth-order valence-electron chi connectivity index (χ4n) is 1.69. The smallest absolute Gasteiger partial charge is 0.194 e. The minimum absolute atomic E-state index is 0.246. The fraction of sp³-hybridized carbons (Fsp3) is 0.167. The maximum absolute atomic E-state index is 13.2. The standard InChI is InChI=1S/C12H11F3N2S/c1-6-2-3-10(18-6)12(17-16)7-4-8(13)11(15)9(14)5-7/h2-5,12,17H,16H2,1H3. The zero-order valence-corrected chi connectivity index (χ0v) is 10.3. The number of hydrogen-bond donors (Lipinski definition) is 2.